The summed E-state index contributed by atoms with van der Waals surface area (Å²) in [6, 6.07) is 16.0. The molecular weight excluding hydrogens is 320 g/mol. The number of aliphatic hydroxyl groups excluding tert-OH is 1. The minimum absolute atomic E-state index is 0.00415. The molecular formula is C19H24N2O4. The van der Waals surface area contributed by atoms with E-state index in [4.69, 9.17) is 9.47 Å². The molecule has 0 fully saturated rings. The number of para-hydroxylation sites is 1. The lowest BCUT2D eigenvalue weighted by molar-refractivity contribution is -0.901. The van der Waals surface area contributed by atoms with E-state index in [-0.39, 0.29) is 23.6 Å². The van der Waals surface area contributed by atoms with Crippen molar-refractivity contribution in [3.05, 3.63) is 60.2 Å². The normalized spacial score (nSPS) is 13.4. The van der Waals surface area contributed by atoms with E-state index in [9.17, 15) is 10.2 Å². The molecule has 0 aliphatic heterocycles. The van der Waals surface area contributed by atoms with Gasteiger partial charge in [-0.05, 0) is 29.8 Å². The van der Waals surface area contributed by atoms with Gasteiger partial charge in [-0.3, -0.25) is 0 Å². The van der Waals surface area contributed by atoms with Crippen LogP contribution in [0.5, 0.6) is 11.5 Å². The van der Waals surface area contributed by atoms with Crippen LogP contribution in [-0.2, 0) is 0 Å². The molecule has 0 amide bonds. The number of hydrogen-bond donors (Lipinski definition) is 1. The van der Waals surface area contributed by atoms with Crippen LogP contribution in [-0.4, -0.2) is 56.1 Å². The molecule has 134 valence electrons. The quantitative estimate of drug-likeness (QED) is 0.338. The first kappa shape index (κ1) is 18.8. The van der Waals surface area contributed by atoms with Gasteiger partial charge in [-0.15, -0.1) is 0 Å². The molecule has 0 radical (unpaired) electrons. The number of aliphatic hydroxyl groups is 1. The van der Waals surface area contributed by atoms with Gasteiger partial charge in [0.05, 0.1) is 27.1 Å². The van der Waals surface area contributed by atoms with Gasteiger partial charge in [0.2, 0.25) is 0 Å². The standard InChI is InChI=1S/C19H24N2O4/c1-21(2,13-16(22)14-25-18-7-5-4-6-8-18)20-19(23)15-9-11-17(24-3)12-10-15/h4-12,16,22H,13-14H2,1-3H3. The molecule has 0 bridgehead atoms. The molecule has 0 saturated carbocycles. The number of ether oxygens (including phenoxy) is 2. The topological polar surface area (TPSA) is 74.1 Å². The average Bonchev–Trinajstić information content (AvgIpc) is 2.60. The maximum atomic E-state index is 12.3. The second-order valence-corrected chi connectivity index (χ2v) is 6.22. The number of methoxy groups -OCH3 is 1. The van der Waals surface area contributed by atoms with Crippen LogP contribution in [0.3, 0.4) is 0 Å². The van der Waals surface area contributed by atoms with Crippen LogP contribution in [0, 0.1) is 0 Å². The monoisotopic (exact) mass is 344 g/mol. The van der Waals surface area contributed by atoms with E-state index in [0.29, 0.717) is 17.1 Å². The van der Waals surface area contributed by atoms with Crippen molar-refractivity contribution < 1.29 is 24.3 Å². The predicted molar refractivity (Wildman–Crippen MR) is 94.5 cm³/mol. The highest BCUT2D eigenvalue weighted by atomic mass is 16.5. The minimum atomic E-state index is -0.748. The van der Waals surface area contributed by atoms with Gasteiger partial charge in [0.1, 0.15) is 30.8 Å². The van der Waals surface area contributed by atoms with Crippen LogP contribution in [0.2, 0.25) is 0 Å². The van der Waals surface area contributed by atoms with Crippen molar-refractivity contribution in [1.29, 1.82) is 0 Å². The zero-order chi connectivity index (χ0) is 18.3. The lowest BCUT2D eigenvalue weighted by atomic mass is 10.2. The third-order valence-electron chi connectivity index (χ3n) is 3.54. The van der Waals surface area contributed by atoms with Gasteiger partial charge in [-0.2, -0.15) is 0 Å². The Morgan fingerprint density at radius 1 is 1.08 bits per heavy atom. The van der Waals surface area contributed by atoms with Crippen molar-refractivity contribution in [2.75, 3.05) is 34.4 Å². The molecule has 1 atom stereocenters. The highest BCUT2D eigenvalue weighted by Crippen LogP contribution is 2.13. The van der Waals surface area contributed by atoms with E-state index in [1.54, 1.807) is 45.5 Å². The Hall–Kier alpha value is -2.57. The Kier molecular flexibility index (Phi) is 6.38. The first-order valence-electron chi connectivity index (χ1n) is 8.00. The Morgan fingerprint density at radius 2 is 1.72 bits per heavy atom. The fourth-order valence-corrected chi connectivity index (χ4v) is 2.36. The third kappa shape index (κ3) is 6.10. The molecule has 0 spiro atoms. The fraction of sp³-hybridized carbons (Fsp3) is 0.316. The number of likely N-dealkylation sites (N-methyl/N-ethyl adjacent to an activating group) is 1. The Bertz CT molecular complexity index is 684. The lowest BCUT2D eigenvalue weighted by Crippen LogP contribution is -2.44. The van der Waals surface area contributed by atoms with Crippen molar-refractivity contribution >= 4 is 5.90 Å². The van der Waals surface area contributed by atoms with Crippen LogP contribution in [0.1, 0.15) is 5.56 Å². The predicted octanol–water partition coefficient (Wildman–Crippen LogP) is 1.23. The van der Waals surface area contributed by atoms with Crippen LogP contribution >= 0.6 is 0 Å². The highest BCUT2D eigenvalue weighted by molar-refractivity contribution is 5.90. The third-order valence-corrected chi connectivity index (χ3v) is 3.54. The molecule has 0 aliphatic rings. The Labute approximate surface area is 148 Å². The minimum Gasteiger partial charge on any atom is -0.855 e. The number of benzene rings is 2. The fourth-order valence-electron chi connectivity index (χ4n) is 2.36. The van der Waals surface area contributed by atoms with Crippen LogP contribution in [0.4, 0.5) is 0 Å². The van der Waals surface area contributed by atoms with Gasteiger partial charge in [-0.1, -0.05) is 35.4 Å². The van der Waals surface area contributed by atoms with Gasteiger partial charge >= 0.3 is 0 Å². The van der Waals surface area contributed by atoms with Crippen LogP contribution in [0.25, 0.3) is 0 Å². The summed E-state index contributed by atoms with van der Waals surface area (Å²) in [7, 11) is 5.08. The van der Waals surface area contributed by atoms with E-state index in [1.165, 1.54) is 0 Å². The molecule has 6 heteroatoms. The van der Waals surface area contributed by atoms with E-state index in [2.05, 4.69) is 5.10 Å². The van der Waals surface area contributed by atoms with Gasteiger partial charge in [0.15, 0.2) is 0 Å². The second-order valence-electron chi connectivity index (χ2n) is 6.22. The number of rotatable bonds is 8. The molecule has 0 aliphatic carbocycles. The summed E-state index contributed by atoms with van der Waals surface area (Å²) in [6.45, 7) is 0.396. The van der Waals surface area contributed by atoms with E-state index in [0.717, 1.165) is 0 Å². The summed E-state index contributed by atoms with van der Waals surface area (Å²) in [5.41, 5.74) is 0.474. The van der Waals surface area contributed by atoms with Crippen molar-refractivity contribution in [2.45, 2.75) is 6.10 Å². The zero-order valence-corrected chi connectivity index (χ0v) is 14.8. The lowest BCUT2D eigenvalue weighted by Gasteiger charge is -2.27. The van der Waals surface area contributed by atoms with Gasteiger partial charge < -0.3 is 19.7 Å². The molecule has 2 rings (SSSR count). The summed E-state index contributed by atoms with van der Waals surface area (Å²) < 4.78 is 10.6. The number of hydrogen-bond acceptors (Lipinski definition) is 5. The second kappa shape index (κ2) is 8.50. The largest absolute Gasteiger partial charge is 0.855 e. The van der Waals surface area contributed by atoms with Crippen LogP contribution < -0.4 is 14.6 Å². The maximum Gasteiger partial charge on any atom is 0.139 e. The van der Waals surface area contributed by atoms with Gasteiger partial charge in [0, 0.05) is 0 Å². The zero-order valence-electron chi connectivity index (χ0n) is 14.8. The first-order chi connectivity index (χ1) is 11.9. The molecule has 2 aromatic rings. The van der Waals surface area contributed by atoms with E-state index < -0.39 is 6.10 Å². The summed E-state index contributed by atoms with van der Waals surface area (Å²) in [5.74, 6) is 1.03. The Morgan fingerprint density at radius 3 is 2.32 bits per heavy atom. The van der Waals surface area contributed by atoms with Crippen LogP contribution in [0.15, 0.2) is 59.7 Å². The summed E-state index contributed by atoms with van der Waals surface area (Å²) >= 11 is 0. The molecule has 0 aromatic heterocycles. The molecule has 25 heavy (non-hydrogen) atoms. The number of nitrogens with zero attached hydrogens (tertiary/aromatic N) is 2. The molecule has 1 N–H and O–H groups in total. The van der Waals surface area contributed by atoms with Gasteiger partial charge in [0.25, 0.3) is 0 Å². The van der Waals surface area contributed by atoms with E-state index >= 15 is 0 Å². The smallest absolute Gasteiger partial charge is 0.139 e. The molecule has 6 nitrogen and oxygen atoms in total. The first-order valence-corrected chi connectivity index (χ1v) is 8.00. The average molecular weight is 344 g/mol. The van der Waals surface area contributed by atoms with Crippen molar-refractivity contribution in [1.82, 2.24) is 0 Å². The van der Waals surface area contributed by atoms with Crippen molar-refractivity contribution in [3.8, 4) is 11.5 Å². The maximum absolute atomic E-state index is 12.3. The molecule has 0 heterocycles. The van der Waals surface area contributed by atoms with Gasteiger partial charge in [-0.25, -0.2) is 4.59 Å². The summed E-state index contributed by atoms with van der Waals surface area (Å²) in [5, 5.41) is 26.6. The molecule has 2 aromatic carbocycles. The SMILES string of the molecule is COc1ccc(/C([O-])=N/[N+](C)(C)CC(O)COc2ccccc2)cc1. The summed E-state index contributed by atoms with van der Waals surface area (Å²) in [4.78, 5) is 0. The molecule has 0 saturated heterocycles. The number of quaternary nitrogens is 1. The Balaban J connectivity index is 1.94. The van der Waals surface area contributed by atoms with Crippen molar-refractivity contribution in [3.63, 3.8) is 0 Å². The van der Waals surface area contributed by atoms with Crippen molar-refractivity contribution in [2.24, 2.45) is 5.10 Å². The summed E-state index contributed by atoms with van der Waals surface area (Å²) in [6.07, 6.45) is -0.748. The van der Waals surface area contributed by atoms with E-state index in [1.807, 2.05) is 30.3 Å². The highest BCUT2D eigenvalue weighted by Gasteiger charge is 2.21. The molecule has 1 unspecified atom stereocenters.